The molecule has 1 fully saturated rings. The molecule has 1 aliphatic heterocycles. The minimum Gasteiger partial charge on any atom is -0.352 e. The molecule has 4 nitrogen and oxygen atoms in total. The molecule has 1 aliphatic rings. The van der Waals surface area contributed by atoms with Crippen molar-refractivity contribution < 1.29 is 8.78 Å². The molecular formula is C11H16F2N4. The summed E-state index contributed by atoms with van der Waals surface area (Å²) in [6, 6.07) is 0. The number of halogens is 2. The fourth-order valence-electron chi connectivity index (χ4n) is 2.06. The Morgan fingerprint density at radius 2 is 2.06 bits per heavy atom. The summed E-state index contributed by atoms with van der Waals surface area (Å²) < 4.78 is 25.7. The van der Waals surface area contributed by atoms with Crippen LogP contribution in [0.2, 0.25) is 0 Å². The van der Waals surface area contributed by atoms with Crippen LogP contribution in [0.25, 0.3) is 0 Å². The standard InChI is InChI=1S/C11H16F2N4/c1-11(2)7-17(6-5-16-11)10-8(9(12)13)14-3-4-15-10/h3-4,9,16H,5-7H2,1-2H3. The number of hydrogen-bond acceptors (Lipinski definition) is 4. The maximum absolute atomic E-state index is 12.8. The fourth-order valence-corrected chi connectivity index (χ4v) is 2.06. The van der Waals surface area contributed by atoms with E-state index < -0.39 is 6.43 Å². The van der Waals surface area contributed by atoms with Crippen molar-refractivity contribution in [1.82, 2.24) is 15.3 Å². The maximum Gasteiger partial charge on any atom is 0.284 e. The van der Waals surface area contributed by atoms with Crippen LogP contribution in [0.3, 0.4) is 0 Å². The summed E-state index contributed by atoms with van der Waals surface area (Å²) in [5.74, 6) is 0.303. The van der Waals surface area contributed by atoms with E-state index in [-0.39, 0.29) is 11.2 Å². The molecule has 0 radical (unpaired) electrons. The lowest BCUT2D eigenvalue weighted by Gasteiger charge is -2.40. The van der Waals surface area contributed by atoms with Gasteiger partial charge in [0.05, 0.1) is 0 Å². The molecule has 94 valence electrons. The maximum atomic E-state index is 12.8. The lowest BCUT2D eigenvalue weighted by molar-refractivity contribution is 0.145. The second-order valence-corrected chi connectivity index (χ2v) is 4.80. The van der Waals surface area contributed by atoms with Crippen molar-refractivity contribution in [3.05, 3.63) is 18.1 Å². The van der Waals surface area contributed by atoms with Crippen LogP contribution < -0.4 is 10.2 Å². The molecule has 0 aliphatic carbocycles. The van der Waals surface area contributed by atoms with Gasteiger partial charge in [-0.15, -0.1) is 0 Å². The van der Waals surface area contributed by atoms with E-state index in [0.29, 0.717) is 18.9 Å². The molecule has 0 bridgehead atoms. The average molecular weight is 242 g/mol. The zero-order valence-corrected chi connectivity index (χ0v) is 9.95. The number of alkyl halides is 2. The predicted molar refractivity (Wildman–Crippen MR) is 61.3 cm³/mol. The summed E-state index contributed by atoms with van der Waals surface area (Å²) in [6.07, 6.45) is 0.172. The molecule has 2 rings (SSSR count). The highest BCUT2D eigenvalue weighted by Crippen LogP contribution is 2.27. The highest BCUT2D eigenvalue weighted by Gasteiger charge is 2.29. The molecular weight excluding hydrogens is 226 g/mol. The predicted octanol–water partition coefficient (Wildman–Crippen LogP) is 1.60. The second kappa shape index (κ2) is 4.52. The van der Waals surface area contributed by atoms with Crippen LogP contribution in [0.15, 0.2) is 12.4 Å². The van der Waals surface area contributed by atoms with E-state index in [1.54, 1.807) is 0 Å². The zero-order chi connectivity index (χ0) is 12.5. The Balaban J connectivity index is 2.27. The van der Waals surface area contributed by atoms with Crippen LogP contribution >= 0.6 is 0 Å². The van der Waals surface area contributed by atoms with Crippen LogP contribution in [0.1, 0.15) is 26.0 Å². The summed E-state index contributed by atoms with van der Waals surface area (Å²) in [5.41, 5.74) is -0.333. The van der Waals surface area contributed by atoms with Crippen molar-refractivity contribution in [2.45, 2.75) is 25.8 Å². The number of aromatic nitrogens is 2. The summed E-state index contributed by atoms with van der Waals surface area (Å²) in [6.45, 7) is 6.15. The average Bonchev–Trinajstić information content (AvgIpc) is 2.27. The lowest BCUT2D eigenvalue weighted by atomic mass is 10.0. The van der Waals surface area contributed by atoms with E-state index in [4.69, 9.17) is 0 Å². The minimum absolute atomic E-state index is 0.102. The molecule has 2 heterocycles. The van der Waals surface area contributed by atoms with Gasteiger partial charge in [-0.25, -0.2) is 18.7 Å². The monoisotopic (exact) mass is 242 g/mol. The quantitative estimate of drug-likeness (QED) is 0.855. The molecule has 1 saturated heterocycles. The second-order valence-electron chi connectivity index (χ2n) is 4.80. The van der Waals surface area contributed by atoms with Gasteiger partial charge in [-0.3, -0.25) is 0 Å². The molecule has 0 spiro atoms. The minimum atomic E-state index is -2.59. The molecule has 0 aromatic carbocycles. The Hall–Kier alpha value is -1.30. The van der Waals surface area contributed by atoms with Crippen molar-refractivity contribution in [3.63, 3.8) is 0 Å². The van der Waals surface area contributed by atoms with E-state index in [1.807, 2.05) is 18.7 Å². The highest BCUT2D eigenvalue weighted by molar-refractivity contribution is 5.44. The summed E-state index contributed by atoms with van der Waals surface area (Å²) in [4.78, 5) is 9.64. The first-order valence-electron chi connectivity index (χ1n) is 5.59. The van der Waals surface area contributed by atoms with Crippen LogP contribution in [-0.2, 0) is 0 Å². The van der Waals surface area contributed by atoms with Crippen molar-refractivity contribution in [2.24, 2.45) is 0 Å². The first-order valence-corrected chi connectivity index (χ1v) is 5.59. The number of rotatable bonds is 2. The van der Waals surface area contributed by atoms with Gasteiger partial charge >= 0.3 is 0 Å². The summed E-state index contributed by atoms with van der Waals surface area (Å²) >= 11 is 0. The van der Waals surface area contributed by atoms with Gasteiger partial charge in [0.25, 0.3) is 6.43 Å². The third-order valence-corrected chi connectivity index (χ3v) is 2.78. The van der Waals surface area contributed by atoms with Crippen LogP contribution in [-0.4, -0.2) is 35.1 Å². The molecule has 0 saturated carbocycles. The van der Waals surface area contributed by atoms with Gasteiger partial charge in [0.15, 0.2) is 5.82 Å². The van der Waals surface area contributed by atoms with E-state index in [9.17, 15) is 8.78 Å². The number of nitrogens with zero attached hydrogens (tertiary/aromatic N) is 3. The van der Waals surface area contributed by atoms with Crippen LogP contribution in [0.4, 0.5) is 14.6 Å². The largest absolute Gasteiger partial charge is 0.352 e. The van der Waals surface area contributed by atoms with Gasteiger partial charge in [-0.05, 0) is 13.8 Å². The van der Waals surface area contributed by atoms with Gasteiger partial charge in [0.1, 0.15) is 5.69 Å². The lowest BCUT2D eigenvalue weighted by Crippen LogP contribution is -2.57. The van der Waals surface area contributed by atoms with Crippen molar-refractivity contribution >= 4 is 5.82 Å². The first-order chi connectivity index (χ1) is 7.99. The third-order valence-electron chi connectivity index (χ3n) is 2.78. The first kappa shape index (κ1) is 12.2. The SMILES string of the molecule is CC1(C)CN(c2nccnc2C(F)F)CCN1. The number of nitrogens with one attached hydrogen (secondary N) is 1. The summed E-state index contributed by atoms with van der Waals surface area (Å²) in [7, 11) is 0. The smallest absolute Gasteiger partial charge is 0.284 e. The molecule has 17 heavy (non-hydrogen) atoms. The van der Waals surface area contributed by atoms with Gasteiger partial charge < -0.3 is 10.2 Å². The zero-order valence-electron chi connectivity index (χ0n) is 9.95. The number of anilines is 1. The van der Waals surface area contributed by atoms with Gasteiger partial charge in [-0.1, -0.05) is 0 Å². The fraction of sp³-hybridized carbons (Fsp3) is 0.636. The van der Waals surface area contributed by atoms with Gasteiger partial charge in [0.2, 0.25) is 0 Å². The molecule has 6 heteroatoms. The topological polar surface area (TPSA) is 41.1 Å². The number of piperazine rings is 1. The third kappa shape index (κ3) is 2.69. The van der Waals surface area contributed by atoms with Gasteiger partial charge in [0, 0.05) is 37.6 Å². The Morgan fingerprint density at radius 3 is 2.71 bits per heavy atom. The molecule has 0 amide bonds. The van der Waals surface area contributed by atoms with E-state index in [1.165, 1.54) is 12.4 Å². The molecule has 1 aromatic heterocycles. The van der Waals surface area contributed by atoms with E-state index >= 15 is 0 Å². The molecule has 1 N–H and O–H groups in total. The normalized spacial score (nSPS) is 19.7. The Bertz CT molecular complexity index is 395. The number of hydrogen-bond donors (Lipinski definition) is 1. The van der Waals surface area contributed by atoms with Crippen molar-refractivity contribution in [3.8, 4) is 0 Å². The summed E-state index contributed by atoms with van der Waals surface area (Å²) in [5, 5.41) is 3.33. The van der Waals surface area contributed by atoms with Crippen LogP contribution in [0.5, 0.6) is 0 Å². The van der Waals surface area contributed by atoms with Crippen molar-refractivity contribution in [1.29, 1.82) is 0 Å². The Labute approximate surface area is 99.1 Å². The molecule has 0 atom stereocenters. The molecule has 1 aromatic rings. The Kier molecular flexibility index (Phi) is 3.24. The van der Waals surface area contributed by atoms with Crippen LogP contribution in [0, 0.1) is 0 Å². The van der Waals surface area contributed by atoms with E-state index in [0.717, 1.165) is 6.54 Å². The molecule has 0 unspecified atom stereocenters. The Morgan fingerprint density at radius 1 is 1.35 bits per heavy atom. The van der Waals surface area contributed by atoms with Gasteiger partial charge in [-0.2, -0.15) is 0 Å². The highest BCUT2D eigenvalue weighted by atomic mass is 19.3. The van der Waals surface area contributed by atoms with E-state index in [2.05, 4.69) is 15.3 Å². The van der Waals surface area contributed by atoms with Crippen molar-refractivity contribution in [2.75, 3.05) is 24.5 Å².